The quantitative estimate of drug-likeness (QED) is 0.483. The van der Waals surface area contributed by atoms with Gasteiger partial charge in [-0.2, -0.15) is 0 Å². The first kappa shape index (κ1) is 19.4. The van der Waals surface area contributed by atoms with Gasteiger partial charge in [0, 0.05) is 45.9 Å². The Bertz CT molecular complexity index is 884. The number of alkyl halides is 1. The number of ether oxygens (including phenoxy) is 1. The highest BCUT2D eigenvalue weighted by atomic mass is 79.9. The number of nitrogens with zero attached hydrogens (tertiary/aromatic N) is 2. The van der Waals surface area contributed by atoms with Crippen LogP contribution in [-0.4, -0.2) is 22.1 Å². The van der Waals surface area contributed by atoms with Gasteiger partial charge >= 0.3 is 5.97 Å². The average Bonchev–Trinajstić information content (AvgIpc) is 3.11. The van der Waals surface area contributed by atoms with Crippen molar-refractivity contribution in [1.29, 1.82) is 0 Å². The summed E-state index contributed by atoms with van der Waals surface area (Å²) in [6.07, 6.45) is 2.33. The molecule has 0 saturated heterocycles. The minimum Gasteiger partial charge on any atom is -0.427 e. The van der Waals surface area contributed by atoms with Crippen LogP contribution >= 0.6 is 50.5 Å². The number of esters is 1. The molecule has 5 nitrogen and oxygen atoms in total. The molecule has 0 fully saturated rings. The zero-order valence-electron chi connectivity index (χ0n) is 13.6. The molecule has 0 aliphatic carbocycles. The molecule has 1 N–H and O–H groups in total. The number of rotatable bonds is 5. The second-order valence-corrected chi connectivity index (χ2v) is 7.91. The van der Waals surface area contributed by atoms with Gasteiger partial charge in [0.1, 0.15) is 6.04 Å². The molecular formula is C17H14BrCl2N3O2S. The van der Waals surface area contributed by atoms with Crippen molar-refractivity contribution in [1.82, 2.24) is 10.3 Å². The Labute approximate surface area is 173 Å². The fraction of sp³-hybridized carbons (Fsp3) is 0.235. The van der Waals surface area contributed by atoms with Crippen LogP contribution in [0.4, 0.5) is 0 Å². The van der Waals surface area contributed by atoms with Gasteiger partial charge in [0.15, 0.2) is 16.6 Å². The van der Waals surface area contributed by atoms with E-state index in [1.807, 2.05) is 5.38 Å². The summed E-state index contributed by atoms with van der Waals surface area (Å²) in [5, 5.41) is 7.53. The number of hydrogen-bond acceptors (Lipinski definition) is 6. The highest BCUT2D eigenvalue weighted by Crippen LogP contribution is 2.38. The number of carbonyl (C=O) groups excluding carboxylic acids is 1. The molecule has 136 valence electrons. The van der Waals surface area contributed by atoms with Gasteiger partial charge in [-0.3, -0.25) is 4.79 Å². The van der Waals surface area contributed by atoms with Crippen LogP contribution in [0.2, 0.25) is 10.0 Å². The van der Waals surface area contributed by atoms with E-state index in [2.05, 4.69) is 26.2 Å². The van der Waals surface area contributed by atoms with E-state index >= 15 is 0 Å². The van der Waals surface area contributed by atoms with Crippen LogP contribution in [0.1, 0.15) is 30.0 Å². The van der Waals surface area contributed by atoms with Gasteiger partial charge in [-0.05, 0) is 12.1 Å². The molecule has 1 aromatic carbocycles. The topological polar surface area (TPSA) is 63.6 Å². The number of amidine groups is 1. The van der Waals surface area contributed by atoms with Crippen LogP contribution in [0.15, 0.2) is 46.2 Å². The zero-order chi connectivity index (χ0) is 18.7. The minimum atomic E-state index is -0.571. The molecule has 0 radical (unpaired) electrons. The summed E-state index contributed by atoms with van der Waals surface area (Å²) in [6, 6.07) is 4.60. The van der Waals surface area contributed by atoms with Crippen molar-refractivity contribution < 1.29 is 9.53 Å². The van der Waals surface area contributed by atoms with Crippen molar-refractivity contribution in [2.45, 2.75) is 19.4 Å². The third kappa shape index (κ3) is 4.28. The number of halogens is 3. The molecule has 0 amide bonds. The number of aliphatic imine (C=N–C) groups is 1. The number of hydrogen-bond donors (Lipinski definition) is 1. The number of carbonyl (C=O) groups is 1. The Morgan fingerprint density at radius 2 is 2.23 bits per heavy atom. The van der Waals surface area contributed by atoms with Gasteiger partial charge in [0.05, 0.1) is 5.70 Å². The highest BCUT2D eigenvalue weighted by molar-refractivity contribution is 9.09. The zero-order valence-corrected chi connectivity index (χ0v) is 17.5. The predicted molar refractivity (Wildman–Crippen MR) is 108 cm³/mol. The Hall–Kier alpha value is -1.41. The van der Waals surface area contributed by atoms with Crippen LogP contribution < -0.4 is 5.32 Å². The molecule has 0 unspecified atom stereocenters. The summed E-state index contributed by atoms with van der Waals surface area (Å²) in [7, 11) is 0. The smallest absolute Gasteiger partial charge is 0.307 e. The molecule has 26 heavy (non-hydrogen) atoms. The van der Waals surface area contributed by atoms with Gasteiger partial charge in [-0.1, -0.05) is 45.2 Å². The van der Waals surface area contributed by atoms with Gasteiger partial charge in [0.2, 0.25) is 0 Å². The lowest BCUT2D eigenvalue weighted by atomic mass is 10.0. The number of aromatic nitrogens is 1. The maximum atomic E-state index is 11.7. The summed E-state index contributed by atoms with van der Waals surface area (Å²) in [5.41, 5.74) is 1.46. The number of thiazole rings is 1. The van der Waals surface area contributed by atoms with Gasteiger partial charge in [-0.25, -0.2) is 9.98 Å². The first-order valence-electron chi connectivity index (χ1n) is 7.66. The van der Waals surface area contributed by atoms with Crippen LogP contribution in [0, 0.1) is 0 Å². The van der Waals surface area contributed by atoms with Gasteiger partial charge in [-0.15, -0.1) is 11.3 Å². The maximum Gasteiger partial charge on any atom is 0.307 e. The van der Waals surface area contributed by atoms with Crippen molar-refractivity contribution in [3.05, 3.63) is 61.8 Å². The molecule has 1 aromatic heterocycles. The van der Waals surface area contributed by atoms with Crippen molar-refractivity contribution in [3.8, 4) is 0 Å². The summed E-state index contributed by atoms with van der Waals surface area (Å²) in [6.45, 7) is 1.36. The predicted octanol–water partition coefficient (Wildman–Crippen LogP) is 5.10. The lowest BCUT2D eigenvalue weighted by molar-refractivity contribution is -0.137. The average molecular weight is 475 g/mol. The molecule has 2 heterocycles. The van der Waals surface area contributed by atoms with Crippen LogP contribution in [0.25, 0.3) is 0 Å². The second-order valence-electron chi connectivity index (χ2n) is 5.38. The fourth-order valence-electron chi connectivity index (χ4n) is 2.53. The fourth-order valence-corrected chi connectivity index (χ4v) is 4.02. The molecule has 0 saturated carbocycles. The third-order valence-electron chi connectivity index (χ3n) is 3.56. The standard InChI is InChI=1S/C17H14BrCl2N3O2S/c1-9(24)25-15-13(4-5-18)22-16(17-21-6-7-26-17)23-14(15)11-3-2-10(19)8-12(11)20/h2-3,6-8,14H,4-5H2,1H3,(H,22,23)/t14-/m0/s1. The van der Waals surface area contributed by atoms with E-state index < -0.39 is 12.0 Å². The van der Waals surface area contributed by atoms with E-state index in [1.165, 1.54) is 18.3 Å². The van der Waals surface area contributed by atoms with Gasteiger partial charge < -0.3 is 10.1 Å². The number of benzene rings is 1. The third-order valence-corrected chi connectivity index (χ3v) is 5.30. The molecule has 0 spiro atoms. The molecule has 3 rings (SSSR count). The summed E-state index contributed by atoms with van der Waals surface area (Å²) in [4.78, 5) is 20.7. The van der Waals surface area contributed by atoms with Crippen molar-refractivity contribution in [2.75, 3.05) is 5.33 Å². The Balaban J connectivity index is 2.14. The molecule has 1 aliphatic heterocycles. The molecular weight excluding hydrogens is 461 g/mol. The second kappa shape index (κ2) is 8.52. The normalized spacial score (nSPS) is 16.9. The largest absolute Gasteiger partial charge is 0.427 e. The first-order chi connectivity index (χ1) is 12.5. The van der Waals surface area contributed by atoms with Crippen LogP contribution in [0.5, 0.6) is 0 Å². The Morgan fingerprint density at radius 3 is 2.85 bits per heavy atom. The summed E-state index contributed by atoms with van der Waals surface area (Å²) >= 11 is 17.3. The van der Waals surface area contributed by atoms with Crippen molar-refractivity contribution in [2.24, 2.45) is 4.99 Å². The van der Waals surface area contributed by atoms with E-state index in [4.69, 9.17) is 32.9 Å². The maximum absolute atomic E-state index is 11.7. The highest BCUT2D eigenvalue weighted by Gasteiger charge is 2.31. The summed E-state index contributed by atoms with van der Waals surface area (Å²) < 4.78 is 5.52. The lowest BCUT2D eigenvalue weighted by Crippen LogP contribution is -2.32. The molecule has 9 heteroatoms. The van der Waals surface area contributed by atoms with Gasteiger partial charge in [0.25, 0.3) is 0 Å². The number of allylic oxidation sites excluding steroid dienone is 1. The van der Waals surface area contributed by atoms with E-state index in [-0.39, 0.29) is 0 Å². The van der Waals surface area contributed by atoms with Crippen LogP contribution in [0.3, 0.4) is 0 Å². The summed E-state index contributed by atoms with van der Waals surface area (Å²) in [5.74, 6) is 0.626. The number of nitrogens with one attached hydrogen (secondary N) is 1. The monoisotopic (exact) mass is 473 g/mol. The van der Waals surface area contributed by atoms with E-state index in [0.717, 1.165) is 10.7 Å². The van der Waals surface area contributed by atoms with Crippen LogP contribution in [-0.2, 0) is 9.53 Å². The first-order valence-corrected chi connectivity index (χ1v) is 10.4. The van der Waals surface area contributed by atoms with E-state index in [1.54, 1.807) is 24.4 Å². The molecule has 1 aliphatic rings. The molecule has 1 atom stereocenters. The lowest BCUT2D eigenvalue weighted by Gasteiger charge is -2.27. The van der Waals surface area contributed by atoms with E-state index in [9.17, 15) is 4.79 Å². The SMILES string of the molecule is CC(=O)OC1=C(CCBr)NC(c2nccs2)=N[C@H]1c1ccc(Cl)cc1Cl. The Kier molecular flexibility index (Phi) is 6.34. The minimum absolute atomic E-state index is 0.420. The molecule has 0 bridgehead atoms. The van der Waals surface area contributed by atoms with Crippen molar-refractivity contribution in [3.63, 3.8) is 0 Å². The Morgan fingerprint density at radius 1 is 1.42 bits per heavy atom. The van der Waals surface area contributed by atoms with E-state index in [0.29, 0.717) is 39.0 Å². The van der Waals surface area contributed by atoms with Crippen molar-refractivity contribution >= 4 is 62.3 Å². The molecule has 2 aromatic rings.